The van der Waals surface area contributed by atoms with E-state index < -0.39 is 12.1 Å². The molecule has 23 heavy (non-hydrogen) atoms. The van der Waals surface area contributed by atoms with Crippen LogP contribution in [0.3, 0.4) is 0 Å². The first-order valence-corrected chi connectivity index (χ1v) is 7.82. The van der Waals surface area contributed by atoms with E-state index in [1.165, 1.54) is 19.0 Å². The number of benzene rings is 1. The van der Waals surface area contributed by atoms with Crippen LogP contribution in [0, 0.1) is 0 Å². The van der Waals surface area contributed by atoms with Gasteiger partial charge in [0.05, 0.1) is 16.5 Å². The third kappa shape index (κ3) is 3.76. The molecule has 1 atom stereocenters. The largest absolute Gasteiger partial charge is 0.356 e. The lowest BCUT2D eigenvalue weighted by Gasteiger charge is -2.15. The number of hydrogen-bond donors (Lipinski definition) is 1. The first kappa shape index (κ1) is 17.6. The molecule has 1 aromatic rings. The normalized spacial score (nSPS) is 17.8. The molecule has 1 N–H and O–H groups in total. The molecular formula is C15H17Cl2N3O3. The minimum absolute atomic E-state index is 0.0608. The molecule has 0 spiro atoms. The number of nitrogens with zero attached hydrogens (tertiary/aromatic N) is 2. The van der Waals surface area contributed by atoms with Gasteiger partial charge in [-0.1, -0.05) is 35.3 Å². The fourth-order valence-electron chi connectivity index (χ4n) is 2.40. The van der Waals surface area contributed by atoms with Gasteiger partial charge in [0.15, 0.2) is 0 Å². The van der Waals surface area contributed by atoms with Crippen LogP contribution in [-0.2, 0) is 16.0 Å². The van der Waals surface area contributed by atoms with Gasteiger partial charge in [-0.25, -0.2) is 4.79 Å². The maximum Gasteiger partial charge on any atom is 0.326 e. The summed E-state index contributed by atoms with van der Waals surface area (Å²) in [6, 6.07) is 4.17. The van der Waals surface area contributed by atoms with E-state index in [4.69, 9.17) is 23.2 Å². The lowest BCUT2D eigenvalue weighted by Crippen LogP contribution is -2.37. The van der Waals surface area contributed by atoms with Crippen molar-refractivity contribution in [3.8, 4) is 0 Å². The molecule has 8 heteroatoms. The Morgan fingerprint density at radius 1 is 1.26 bits per heavy atom. The van der Waals surface area contributed by atoms with E-state index in [9.17, 15) is 14.4 Å². The zero-order valence-electron chi connectivity index (χ0n) is 12.8. The van der Waals surface area contributed by atoms with Crippen LogP contribution in [0.1, 0.15) is 12.0 Å². The zero-order chi connectivity index (χ0) is 17.1. The van der Waals surface area contributed by atoms with Crippen LogP contribution in [0.5, 0.6) is 0 Å². The van der Waals surface area contributed by atoms with Crippen molar-refractivity contribution in [2.45, 2.75) is 18.9 Å². The molecule has 0 saturated carbocycles. The van der Waals surface area contributed by atoms with E-state index in [-0.39, 0.29) is 18.2 Å². The summed E-state index contributed by atoms with van der Waals surface area (Å²) in [7, 11) is 2.91. The predicted molar refractivity (Wildman–Crippen MR) is 87.5 cm³/mol. The number of hydrogen-bond acceptors (Lipinski definition) is 3. The quantitative estimate of drug-likeness (QED) is 0.818. The first-order valence-electron chi connectivity index (χ1n) is 7.07. The van der Waals surface area contributed by atoms with Gasteiger partial charge in [0.2, 0.25) is 5.91 Å². The van der Waals surface area contributed by atoms with Crippen LogP contribution in [0.4, 0.5) is 4.79 Å². The van der Waals surface area contributed by atoms with Crippen LogP contribution < -0.4 is 5.32 Å². The Hall–Kier alpha value is -1.79. The Morgan fingerprint density at radius 3 is 2.57 bits per heavy atom. The molecular weight excluding hydrogens is 341 g/mol. The summed E-state index contributed by atoms with van der Waals surface area (Å²) in [6.45, 7) is 0.368. The summed E-state index contributed by atoms with van der Waals surface area (Å²) in [5, 5.41) is 3.67. The molecule has 0 radical (unpaired) electrons. The molecule has 2 rings (SSSR count). The number of imide groups is 1. The highest BCUT2D eigenvalue weighted by atomic mass is 35.5. The summed E-state index contributed by atoms with van der Waals surface area (Å²) in [5.74, 6) is -0.665. The van der Waals surface area contributed by atoms with Gasteiger partial charge in [-0.15, -0.1) is 0 Å². The SMILES string of the molecule is CN1C(=O)[C@H](CC(=O)NCCc2cccc(Cl)c2Cl)N(C)C1=O. The molecule has 4 amide bonds. The number of amides is 4. The lowest BCUT2D eigenvalue weighted by atomic mass is 10.1. The summed E-state index contributed by atoms with van der Waals surface area (Å²) >= 11 is 12.0. The van der Waals surface area contributed by atoms with Crippen molar-refractivity contribution in [3.63, 3.8) is 0 Å². The maximum absolute atomic E-state index is 12.0. The Balaban J connectivity index is 1.85. The average molecular weight is 358 g/mol. The van der Waals surface area contributed by atoms with Crippen molar-refractivity contribution >= 4 is 41.0 Å². The zero-order valence-corrected chi connectivity index (χ0v) is 14.3. The van der Waals surface area contributed by atoms with E-state index in [0.717, 1.165) is 10.5 Å². The number of likely N-dealkylation sites (N-methyl/N-ethyl adjacent to an activating group) is 2. The smallest absolute Gasteiger partial charge is 0.326 e. The molecule has 1 heterocycles. The van der Waals surface area contributed by atoms with Crippen LogP contribution >= 0.6 is 23.2 Å². The fraction of sp³-hybridized carbons (Fsp3) is 0.400. The second kappa shape index (κ2) is 7.19. The van der Waals surface area contributed by atoms with Gasteiger partial charge < -0.3 is 10.2 Å². The van der Waals surface area contributed by atoms with E-state index in [1.807, 2.05) is 6.07 Å². The van der Waals surface area contributed by atoms with Crippen LogP contribution in [0.15, 0.2) is 18.2 Å². The summed E-state index contributed by atoms with van der Waals surface area (Å²) in [6.07, 6.45) is 0.465. The molecule has 1 aliphatic rings. The third-order valence-corrected chi connectivity index (χ3v) is 4.66. The number of rotatable bonds is 5. The van der Waals surface area contributed by atoms with Crippen LogP contribution in [0.25, 0.3) is 0 Å². The van der Waals surface area contributed by atoms with Crippen molar-refractivity contribution < 1.29 is 14.4 Å². The molecule has 1 saturated heterocycles. The molecule has 0 unspecified atom stereocenters. The minimum atomic E-state index is -0.748. The van der Waals surface area contributed by atoms with Gasteiger partial charge >= 0.3 is 6.03 Å². The van der Waals surface area contributed by atoms with Crippen molar-refractivity contribution in [1.29, 1.82) is 0 Å². The molecule has 1 fully saturated rings. The highest BCUT2D eigenvalue weighted by molar-refractivity contribution is 6.42. The number of carbonyl (C=O) groups is 3. The molecule has 0 aliphatic carbocycles. The lowest BCUT2D eigenvalue weighted by molar-refractivity contribution is -0.131. The van der Waals surface area contributed by atoms with Gasteiger partial charge in [-0.05, 0) is 18.1 Å². The third-order valence-electron chi connectivity index (χ3n) is 3.80. The maximum atomic E-state index is 12.0. The summed E-state index contributed by atoms with van der Waals surface area (Å²) in [4.78, 5) is 37.8. The molecule has 1 aliphatic heterocycles. The van der Waals surface area contributed by atoms with Crippen molar-refractivity contribution in [1.82, 2.24) is 15.1 Å². The number of carbonyl (C=O) groups excluding carboxylic acids is 3. The number of urea groups is 1. The second-order valence-corrected chi connectivity index (χ2v) is 6.11. The minimum Gasteiger partial charge on any atom is -0.356 e. The molecule has 6 nitrogen and oxygen atoms in total. The molecule has 0 aromatic heterocycles. The Morgan fingerprint density at radius 2 is 1.96 bits per heavy atom. The Bertz CT molecular complexity index is 651. The van der Waals surface area contributed by atoms with Gasteiger partial charge in [0, 0.05) is 20.6 Å². The van der Waals surface area contributed by atoms with Gasteiger partial charge in [0.1, 0.15) is 6.04 Å². The predicted octanol–water partition coefficient (Wildman–Crippen LogP) is 1.93. The highest BCUT2D eigenvalue weighted by Crippen LogP contribution is 2.25. The van der Waals surface area contributed by atoms with E-state index in [0.29, 0.717) is 23.0 Å². The Labute approximate surface area is 144 Å². The summed E-state index contributed by atoms with van der Waals surface area (Å²) in [5.41, 5.74) is 0.837. The van der Waals surface area contributed by atoms with Gasteiger partial charge in [-0.2, -0.15) is 0 Å². The Kier molecular flexibility index (Phi) is 5.49. The molecule has 1 aromatic carbocycles. The standard InChI is InChI=1S/C15H17Cl2N3O3/c1-19-11(14(22)20(2)15(19)23)8-12(21)18-7-6-9-4-3-5-10(16)13(9)17/h3-5,11H,6-8H2,1-2H3,(H,18,21)/t11-/m0/s1. The summed E-state index contributed by atoms with van der Waals surface area (Å²) < 4.78 is 0. The van der Waals surface area contributed by atoms with Crippen LogP contribution in [-0.4, -0.2) is 54.3 Å². The van der Waals surface area contributed by atoms with Gasteiger partial charge in [0.25, 0.3) is 5.91 Å². The monoisotopic (exact) mass is 357 g/mol. The molecule has 0 bridgehead atoms. The van der Waals surface area contributed by atoms with E-state index >= 15 is 0 Å². The van der Waals surface area contributed by atoms with Crippen molar-refractivity contribution in [2.75, 3.05) is 20.6 Å². The topological polar surface area (TPSA) is 69.7 Å². The van der Waals surface area contributed by atoms with Crippen molar-refractivity contribution in [2.24, 2.45) is 0 Å². The highest BCUT2D eigenvalue weighted by Gasteiger charge is 2.41. The number of nitrogens with one attached hydrogen (secondary N) is 1. The van der Waals surface area contributed by atoms with Crippen molar-refractivity contribution in [3.05, 3.63) is 33.8 Å². The average Bonchev–Trinajstić information content (AvgIpc) is 2.69. The fourth-order valence-corrected chi connectivity index (χ4v) is 2.82. The number of halogens is 2. The van der Waals surface area contributed by atoms with Crippen LogP contribution in [0.2, 0.25) is 10.0 Å². The molecule has 124 valence electrons. The van der Waals surface area contributed by atoms with Gasteiger partial charge in [-0.3, -0.25) is 14.5 Å². The first-order chi connectivity index (χ1) is 10.8. The second-order valence-electron chi connectivity index (χ2n) is 5.32. The van der Waals surface area contributed by atoms with E-state index in [2.05, 4.69) is 5.32 Å². The van der Waals surface area contributed by atoms with E-state index in [1.54, 1.807) is 12.1 Å².